The molecule has 0 fully saturated rings. The first-order valence-electron chi connectivity index (χ1n) is 12.5. The van der Waals surface area contributed by atoms with Gasteiger partial charge >= 0.3 is 0 Å². The molecule has 7 nitrogen and oxygen atoms in total. The topological polar surface area (TPSA) is 100 Å². The molecule has 1 unspecified atom stereocenters. The molecular weight excluding hydrogens is 544 g/mol. The summed E-state index contributed by atoms with van der Waals surface area (Å²) < 4.78 is 0. The van der Waals surface area contributed by atoms with Gasteiger partial charge in [-0.05, 0) is 72.7 Å². The monoisotopic (exact) mass is 570 g/mol. The van der Waals surface area contributed by atoms with Crippen molar-refractivity contribution in [3.8, 4) is 0 Å². The van der Waals surface area contributed by atoms with Crippen molar-refractivity contribution in [2.24, 2.45) is 0 Å². The Labute approximate surface area is 242 Å². The number of nitrogens with one attached hydrogen (secondary N) is 3. The molecule has 0 radical (unpaired) electrons. The highest BCUT2D eigenvalue weighted by Crippen LogP contribution is 2.28. The van der Waals surface area contributed by atoms with Crippen molar-refractivity contribution >= 4 is 58.7 Å². The first-order chi connectivity index (χ1) is 19.4. The van der Waals surface area contributed by atoms with E-state index in [9.17, 15) is 14.4 Å². The van der Waals surface area contributed by atoms with Crippen LogP contribution >= 0.6 is 23.4 Å². The van der Waals surface area contributed by atoms with Crippen LogP contribution in [-0.4, -0.2) is 28.0 Å². The normalized spacial score (nSPS) is 11.8. The van der Waals surface area contributed by atoms with Crippen LogP contribution in [-0.2, 0) is 9.59 Å². The molecule has 0 spiro atoms. The molecule has 1 aromatic heterocycles. The number of anilines is 2. The number of benzene rings is 3. The van der Waals surface area contributed by atoms with Gasteiger partial charge in [0.1, 0.15) is 11.5 Å². The molecule has 0 aliphatic carbocycles. The highest BCUT2D eigenvalue weighted by Gasteiger charge is 2.19. The lowest BCUT2D eigenvalue weighted by Gasteiger charge is -2.15. The molecule has 1 atom stereocenters. The van der Waals surface area contributed by atoms with E-state index in [1.165, 1.54) is 11.8 Å². The van der Waals surface area contributed by atoms with Gasteiger partial charge < -0.3 is 16.0 Å². The van der Waals surface area contributed by atoms with Gasteiger partial charge in [-0.15, -0.1) is 11.8 Å². The molecule has 0 aliphatic heterocycles. The SMILES string of the molecule is CCC(Sc1cccc(NC(=O)/C(=C/c2cccc(Cl)c2)NC(=O)c2ccccc2)c1)C(=O)Nc1ccccn1. The average Bonchev–Trinajstić information content (AvgIpc) is 2.96. The zero-order chi connectivity index (χ0) is 28.3. The van der Waals surface area contributed by atoms with Crippen molar-refractivity contribution in [2.75, 3.05) is 10.6 Å². The van der Waals surface area contributed by atoms with Gasteiger partial charge in [0.05, 0.1) is 5.25 Å². The maximum atomic E-state index is 13.4. The van der Waals surface area contributed by atoms with Crippen molar-refractivity contribution in [1.29, 1.82) is 0 Å². The minimum atomic E-state index is -0.508. The van der Waals surface area contributed by atoms with E-state index in [1.54, 1.807) is 97.2 Å². The predicted molar refractivity (Wildman–Crippen MR) is 161 cm³/mol. The molecule has 0 saturated carbocycles. The van der Waals surface area contributed by atoms with Crippen LogP contribution in [0.1, 0.15) is 29.3 Å². The summed E-state index contributed by atoms with van der Waals surface area (Å²) in [5.74, 6) is -0.593. The Morgan fingerprint density at radius 1 is 0.900 bits per heavy atom. The van der Waals surface area contributed by atoms with Crippen molar-refractivity contribution in [2.45, 2.75) is 23.5 Å². The number of hydrogen-bond donors (Lipinski definition) is 3. The maximum absolute atomic E-state index is 13.4. The zero-order valence-electron chi connectivity index (χ0n) is 21.6. The molecule has 0 saturated heterocycles. The summed E-state index contributed by atoms with van der Waals surface area (Å²) in [5, 5.41) is 8.55. The molecule has 0 bridgehead atoms. The molecule has 202 valence electrons. The van der Waals surface area contributed by atoms with Gasteiger partial charge in [-0.1, -0.05) is 61.0 Å². The third kappa shape index (κ3) is 8.30. The van der Waals surface area contributed by atoms with Gasteiger partial charge in [-0.2, -0.15) is 0 Å². The number of thioether (sulfide) groups is 1. The van der Waals surface area contributed by atoms with E-state index in [0.717, 1.165) is 4.90 Å². The Bertz CT molecular complexity index is 1510. The number of amides is 3. The molecule has 3 amide bonds. The molecular formula is C31H27ClN4O3S. The van der Waals surface area contributed by atoms with E-state index < -0.39 is 11.8 Å². The largest absolute Gasteiger partial charge is 0.321 e. The lowest BCUT2D eigenvalue weighted by molar-refractivity contribution is -0.116. The number of aromatic nitrogens is 1. The van der Waals surface area contributed by atoms with Crippen LogP contribution in [0.5, 0.6) is 0 Å². The minimum absolute atomic E-state index is 0.0512. The van der Waals surface area contributed by atoms with E-state index in [2.05, 4.69) is 20.9 Å². The summed E-state index contributed by atoms with van der Waals surface area (Å²) in [4.78, 5) is 44.0. The molecule has 3 aromatic carbocycles. The number of carbonyl (C=O) groups is 3. The predicted octanol–water partition coefficient (Wildman–Crippen LogP) is 6.65. The summed E-state index contributed by atoms with van der Waals surface area (Å²) in [6.45, 7) is 1.93. The minimum Gasteiger partial charge on any atom is -0.321 e. The summed E-state index contributed by atoms with van der Waals surface area (Å²) in [7, 11) is 0. The van der Waals surface area contributed by atoms with E-state index in [4.69, 9.17) is 11.6 Å². The van der Waals surface area contributed by atoms with Crippen LogP contribution in [0.4, 0.5) is 11.5 Å². The van der Waals surface area contributed by atoms with Crippen molar-refractivity contribution in [3.05, 3.63) is 125 Å². The smallest absolute Gasteiger partial charge is 0.272 e. The van der Waals surface area contributed by atoms with E-state index in [0.29, 0.717) is 34.1 Å². The second-order valence-electron chi connectivity index (χ2n) is 8.63. The number of halogens is 1. The lowest BCUT2D eigenvalue weighted by atomic mass is 10.1. The standard InChI is InChI=1S/C31H27ClN4O3S/c1-2-27(31(39)36-28-16-6-7-17-33-28)40-25-15-9-14-24(20-25)34-30(38)26(19-21-10-8-13-23(32)18-21)35-29(37)22-11-4-3-5-12-22/h3-20,27H,2H2,1H3,(H,34,38)(H,35,37)(H,33,36,39)/b26-19-. The molecule has 4 aromatic rings. The Morgan fingerprint density at radius 3 is 2.40 bits per heavy atom. The Kier molecular flexibility index (Phi) is 10.1. The van der Waals surface area contributed by atoms with Gasteiger partial charge in [0.25, 0.3) is 11.8 Å². The quantitative estimate of drug-likeness (QED) is 0.146. The van der Waals surface area contributed by atoms with Crippen LogP contribution in [0.25, 0.3) is 6.08 Å². The Morgan fingerprint density at radius 2 is 1.68 bits per heavy atom. The van der Waals surface area contributed by atoms with Crippen LogP contribution in [0.15, 0.2) is 114 Å². The summed E-state index contributed by atoms with van der Waals surface area (Å²) in [6.07, 6.45) is 3.78. The van der Waals surface area contributed by atoms with Crippen LogP contribution in [0.2, 0.25) is 5.02 Å². The van der Waals surface area contributed by atoms with Crippen LogP contribution in [0.3, 0.4) is 0 Å². The number of hydrogen-bond acceptors (Lipinski definition) is 5. The summed E-state index contributed by atoms with van der Waals surface area (Å²) in [6, 6.07) is 28.1. The second kappa shape index (κ2) is 14.1. The van der Waals surface area contributed by atoms with Gasteiger partial charge in [0, 0.05) is 27.4 Å². The molecule has 1 heterocycles. The third-order valence-electron chi connectivity index (χ3n) is 5.64. The van der Waals surface area contributed by atoms with Gasteiger partial charge in [-0.3, -0.25) is 14.4 Å². The van der Waals surface area contributed by atoms with E-state index in [-0.39, 0.29) is 16.9 Å². The number of nitrogens with zero attached hydrogens (tertiary/aromatic N) is 1. The first-order valence-corrected chi connectivity index (χ1v) is 13.8. The third-order valence-corrected chi connectivity index (χ3v) is 7.23. The Balaban J connectivity index is 1.50. The second-order valence-corrected chi connectivity index (χ2v) is 10.3. The number of carbonyl (C=O) groups excluding carboxylic acids is 3. The molecule has 40 heavy (non-hydrogen) atoms. The van der Waals surface area contributed by atoms with Crippen molar-refractivity contribution in [3.63, 3.8) is 0 Å². The Hall–Kier alpha value is -4.40. The zero-order valence-corrected chi connectivity index (χ0v) is 23.2. The fourth-order valence-electron chi connectivity index (χ4n) is 3.68. The summed E-state index contributed by atoms with van der Waals surface area (Å²) >= 11 is 7.51. The van der Waals surface area contributed by atoms with Gasteiger partial charge in [0.2, 0.25) is 5.91 Å². The summed E-state index contributed by atoms with van der Waals surface area (Å²) in [5.41, 5.74) is 1.64. The van der Waals surface area contributed by atoms with E-state index >= 15 is 0 Å². The molecule has 9 heteroatoms. The van der Waals surface area contributed by atoms with Crippen LogP contribution in [0, 0.1) is 0 Å². The van der Waals surface area contributed by atoms with Gasteiger partial charge in [0.15, 0.2) is 0 Å². The first kappa shape index (κ1) is 28.6. The molecule has 3 N–H and O–H groups in total. The highest BCUT2D eigenvalue weighted by molar-refractivity contribution is 8.00. The van der Waals surface area contributed by atoms with Crippen LogP contribution < -0.4 is 16.0 Å². The number of pyridine rings is 1. The molecule has 4 rings (SSSR count). The van der Waals surface area contributed by atoms with Crippen molar-refractivity contribution in [1.82, 2.24) is 10.3 Å². The van der Waals surface area contributed by atoms with E-state index in [1.807, 2.05) is 19.1 Å². The lowest BCUT2D eigenvalue weighted by Crippen LogP contribution is -2.30. The fraction of sp³-hybridized carbons (Fsp3) is 0.0968. The van der Waals surface area contributed by atoms with Crippen molar-refractivity contribution < 1.29 is 14.4 Å². The number of rotatable bonds is 10. The average molecular weight is 571 g/mol. The maximum Gasteiger partial charge on any atom is 0.272 e. The van der Waals surface area contributed by atoms with Gasteiger partial charge in [-0.25, -0.2) is 4.98 Å². The fourth-order valence-corrected chi connectivity index (χ4v) is 4.89. The molecule has 0 aliphatic rings. The highest BCUT2D eigenvalue weighted by atomic mass is 35.5.